The van der Waals surface area contributed by atoms with Gasteiger partial charge < -0.3 is 5.32 Å². The molecule has 2 aromatic carbocycles. The molecular weight excluding hydrogens is 305 g/mol. The summed E-state index contributed by atoms with van der Waals surface area (Å²) in [6.45, 7) is 2.59. The topological polar surface area (TPSA) is 29.1 Å². The van der Waals surface area contributed by atoms with E-state index in [1.165, 1.54) is 5.56 Å². The number of halogens is 2. The predicted molar refractivity (Wildman–Crippen MR) is 87.8 cm³/mol. The molecule has 0 bridgehead atoms. The van der Waals surface area contributed by atoms with Gasteiger partial charge in [-0.25, -0.2) is 0 Å². The highest BCUT2D eigenvalue weighted by Gasteiger charge is 2.06. The number of carbonyl (C=O) groups excluding carboxylic acids is 1. The van der Waals surface area contributed by atoms with Crippen LogP contribution in [-0.4, -0.2) is 5.91 Å². The summed E-state index contributed by atoms with van der Waals surface area (Å²) in [4.78, 5) is 11.9. The normalized spacial score (nSPS) is 10.4. The minimum absolute atomic E-state index is 0.0154. The molecule has 0 fully saturated rings. The maximum absolute atomic E-state index is 11.9. The fourth-order valence-electron chi connectivity index (χ4n) is 1.97. The van der Waals surface area contributed by atoms with Crippen molar-refractivity contribution in [1.29, 1.82) is 0 Å². The zero-order chi connectivity index (χ0) is 15.2. The number of carbonyl (C=O) groups is 1. The number of rotatable bonds is 5. The first-order valence-corrected chi connectivity index (χ1v) is 7.56. The van der Waals surface area contributed by atoms with Crippen LogP contribution < -0.4 is 5.32 Å². The maximum atomic E-state index is 11.9. The van der Waals surface area contributed by atoms with Gasteiger partial charge in [0.1, 0.15) is 0 Å². The number of benzene rings is 2. The Morgan fingerprint density at radius 1 is 1.10 bits per heavy atom. The van der Waals surface area contributed by atoms with Gasteiger partial charge in [0.25, 0.3) is 0 Å². The van der Waals surface area contributed by atoms with Crippen molar-refractivity contribution < 1.29 is 4.79 Å². The van der Waals surface area contributed by atoms with Crippen LogP contribution in [0.2, 0.25) is 10.0 Å². The van der Waals surface area contributed by atoms with E-state index < -0.39 is 0 Å². The maximum Gasteiger partial charge on any atom is 0.220 e. The van der Waals surface area contributed by atoms with Gasteiger partial charge in [-0.2, -0.15) is 0 Å². The molecule has 0 aliphatic carbocycles. The SMILES string of the molecule is Cc1ccc(CNC(=O)CCc2ccc(Cl)cc2Cl)cc1. The number of hydrogen-bond acceptors (Lipinski definition) is 1. The van der Waals surface area contributed by atoms with Crippen molar-refractivity contribution in [2.75, 3.05) is 0 Å². The number of nitrogens with one attached hydrogen (secondary N) is 1. The van der Waals surface area contributed by atoms with Crippen molar-refractivity contribution in [3.05, 3.63) is 69.2 Å². The summed E-state index contributed by atoms with van der Waals surface area (Å²) < 4.78 is 0. The van der Waals surface area contributed by atoms with E-state index in [1.807, 2.05) is 37.3 Å². The Morgan fingerprint density at radius 2 is 1.81 bits per heavy atom. The van der Waals surface area contributed by atoms with Crippen LogP contribution >= 0.6 is 23.2 Å². The van der Waals surface area contributed by atoms with Crippen LogP contribution in [0.4, 0.5) is 0 Å². The molecule has 0 saturated carbocycles. The lowest BCUT2D eigenvalue weighted by molar-refractivity contribution is -0.121. The largest absolute Gasteiger partial charge is 0.352 e. The van der Waals surface area contributed by atoms with Crippen LogP contribution in [-0.2, 0) is 17.8 Å². The Labute approximate surface area is 135 Å². The van der Waals surface area contributed by atoms with Gasteiger partial charge in [0.2, 0.25) is 5.91 Å². The first-order chi connectivity index (χ1) is 10.0. The molecular formula is C17H17Cl2NO. The molecule has 2 aromatic rings. The molecule has 1 N–H and O–H groups in total. The molecule has 4 heteroatoms. The lowest BCUT2D eigenvalue weighted by Crippen LogP contribution is -2.23. The Morgan fingerprint density at radius 3 is 2.48 bits per heavy atom. The molecule has 0 unspecified atom stereocenters. The van der Waals surface area contributed by atoms with E-state index in [2.05, 4.69) is 5.32 Å². The minimum atomic E-state index is 0.0154. The highest BCUT2D eigenvalue weighted by molar-refractivity contribution is 6.35. The molecule has 2 rings (SSSR count). The summed E-state index contributed by atoms with van der Waals surface area (Å²) in [5.41, 5.74) is 3.24. The Balaban J connectivity index is 1.80. The van der Waals surface area contributed by atoms with Gasteiger partial charge in [0.05, 0.1) is 0 Å². The summed E-state index contributed by atoms with van der Waals surface area (Å²) in [6, 6.07) is 13.5. The van der Waals surface area contributed by atoms with Gasteiger partial charge in [0.15, 0.2) is 0 Å². The van der Waals surface area contributed by atoms with Crippen LogP contribution in [0.15, 0.2) is 42.5 Å². The molecule has 0 saturated heterocycles. The fourth-order valence-corrected chi connectivity index (χ4v) is 2.47. The van der Waals surface area contributed by atoms with E-state index in [0.717, 1.165) is 11.1 Å². The zero-order valence-electron chi connectivity index (χ0n) is 11.8. The van der Waals surface area contributed by atoms with E-state index in [0.29, 0.717) is 29.4 Å². The van der Waals surface area contributed by atoms with E-state index in [4.69, 9.17) is 23.2 Å². The highest BCUT2D eigenvalue weighted by atomic mass is 35.5. The second kappa shape index (κ2) is 7.48. The molecule has 0 atom stereocenters. The average Bonchev–Trinajstić information content (AvgIpc) is 2.46. The van der Waals surface area contributed by atoms with Crippen molar-refractivity contribution >= 4 is 29.1 Å². The van der Waals surface area contributed by atoms with Crippen LogP contribution in [0.1, 0.15) is 23.1 Å². The smallest absolute Gasteiger partial charge is 0.220 e. The number of hydrogen-bond donors (Lipinski definition) is 1. The van der Waals surface area contributed by atoms with Crippen molar-refractivity contribution in [3.63, 3.8) is 0 Å². The van der Waals surface area contributed by atoms with Gasteiger partial charge in [-0.3, -0.25) is 4.79 Å². The Hall–Kier alpha value is -1.51. The summed E-state index contributed by atoms with van der Waals surface area (Å²) in [5, 5.41) is 4.12. The average molecular weight is 322 g/mol. The highest BCUT2D eigenvalue weighted by Crippen LogP contribution is 2.22. The molecule has 0 heterocycles. The molecule has 110 valence electrons. The molecule has 0 aliphatic heterocycles. The van der Waals surface area contributed by atoms with Gasteiger partial charge in [-0.05, 0) is 36.6 Å². The summed E-state index contributed by atoms with van der Waals surface area (Å²) in [7, 11) is 0. The minimum Gasteiger partial charge on any atom is -0.352 e. The van der Waals surface area contributed by atoms with Crippen LogP contribution in [0, 0.1) is 6.92 Å². The van der Waals surface area contributed by atoms with Crippen molar-refractivity contribution in [3.8, 4) is 0 Å². The quantitative estimate of drug-likeness (QED) is 0.859. The number of aryl methyl sites for hydroxylation is 2. The molecule has 0 radical (unpaired) electrons. The Kier molecular flexibility index (Phi) is 5.66. The second-order valence-electron chi connectivity index (χ2n) is 5.00. The fraction of sp³-hybridized carbons (Fsp3) is 0.235. The van der Waals surface area contributed by atoms with E-state index in [9.17, 15) is 4.79 Å². The molecule has 0 spiro atoms. The van der Waals surface area contributed by atoms with E-state index >= 15 is 0 Å². The molecule has 0 aliphatic rings. The summed E-state index contributed by atoms with van der Waals surface area (Å²) in [5.74, 6) is 0.0154. The first kappa shape index (κ1) is 15.9. The lowest BCUT2D eigenvalue weighted by atomic mass is 10.1. The van der Waals surface area contributed by atoms with Gasteiger partial charge in [-0.15, -0.1) is 0 Å². The van der Waals surface area contributed by atoms with Gasteiger partial charge in [0, 0.05) is 23.0 Å². The predicted octanol–water partition coefficient (Wildman–Crippen LogP) is 4.55. The van der Waals surface area contributed by atoms with Crippen LogP contribution in [0.3, 0.4) is 0 Å². The standard InChI is InChI=1S/C17H17Cl2NO/c1-12-2-4-13(5-3-12)11-20-17(21)9-7-14-6-8-15(18)10-16(14)19/h2-6,8,10H,7,9,11H2,1H3,(H,20,21). The summed E-state index contributed by atoms with van der Waals surface area (Å²) >= 11 is 11.9. The summed E-state index contributed by atoms with van der Waals surface area (Å²) in [6.07, 6.45) is 1.02. The van der Waals surface area contributed by atoms with E-state index in [-0.39, 0.29) is 5.91 Å². The molecule has 2 nitrogen and oxygen atoms in total. The third-order valence-corrected chi connectivity index (χ3v) is 3.83. The molecule has 0 aromatic heterocycles. The van der Waals surface area contributed by atoms with Crippen LogP contribution in [0.5, 0.6) is 0 Å². The third kappa shape index (κ3) is 5.07. The first-order valence-electron chi connectivity index (χ1n) is 6.81. The Bertz CT molecular complexity index is 623. The monoisotopic (exact) mass is 321 g/mol. The van der Waals surface area contributed by atoms with Gasteiger partial charge >= 0.3 is 0 Å². The number of amides is 1. The molecule has 1 amide bonds. The van der Waals surface area contributed by atoms with Crippen molar-refractivity contribution in [1.82, 2.24) is 5.32 Å². The van der Waals surface area contributed by atoms with E-state index in [1.54, 1.807) is 12.1 Å². The third-order valence-electron chi connectivity index (χ3n) is 3.25. The zero-order valence-corrected chi connectivity index (χ0v) is 13.3. The van der Waals surface area contributed by atoms with Gasteiger partial charge in [-0.1, -0.05) is 59.1 Å². The van der Waals surface area contributed by atoms with Crippen LogP contribution in [0.25, 0.3) is 0 Å². The second-order valence-corrected chi connectivity index (χ2v) is 5.84. The van der Waals surface area contributed by atoms with Crippen molar-refractivity contribution in [2.45, 2.75) is 26.3 Å². The lowest BCUT2D eigenvalue weighted by Gasteiger charge is -2.07. The molecule has 21 heavy (non-hydrogen) atoms. The van der Waals surface area contributed by atoms with Crippen molar-refractivity contribution in [2.24, 2.45) is 0 Å².